The Morgan fingerprint density at radius 3 is 2.44 bits per heavy atom. The van der Waals surface area contributed by atoms with Crippen molar-refractivity contribution in [3.63, 3.8) is 0 Å². The number of hydrogen-bond acceptors (Lipinski definition) is 3. The van der Waals surface area contributed by atoms with E-state index in [-0.39, 0.29) is 22.5 Å². The lowest BCUT2D eigenvalue weighted by Crippen LogP contribution is -2.12. The monoisotopic (exact) mass is 382 g/mol. The predicted octanol–water partition coefficient (Wildman–Crippen LogP) is 4.03. The molecule has 140 valence electrons. The van der Waals surface area contributed by atoms with Crippen LogP contribution in [-0.2, 0) is 13.2 Å². The molecule has 0 saturated carbocycles. The summed E-state index contributed by atoms with van der Waals surface area (Å²) >= 11 is 0. The number of nitrogens with one attached hydrogen (secondary N) is 1. The fourth-order valence-corrected chi connectivity index (χ4v) is 2.40. The molecule has 0 radical (unpaired) electrons. The number of anilines is 1. The van der Waals surface area contributed by atoms with Gasteiger partial charge in [0, 0.05) is 24.5 Å². The predicted molar refractivity (Wildman–Crippen MR) is 85.8 cm³/mol. The summed E-state index contributed by atoms with van der Waals surface area (Å²) in [6, 6.07) is 5.16. The Morgan fingerprint density at radius 1 is 1.11 bits per heavy atom. The first-order valence-corrected chi connectivity index (χ1v) is 7.48. The second-order valence-electron chi connectivity index (χ2n) is 5.58. The molecule has 0 atom stereocenters. The number of carbonyl (C=O) groups excluding carboxylic acids is 1. The minimum absolute atomic E-state index is 0.0451. The smallest absolute Gasteiger partial charge is 0.322 e. The Kier molecular flexibility index (Phi) is 4.64. The maximum absolute atomic E-state index is 14.4. The third-order valence-corrected chi connectivity index (χ3v) is 3.64. The van der Waals surface area contributed by atoms with E-state index >= 15 is 0 Å². The third-order valence-electron chi connectivity index (χ3n) is 3.64. The van der Waals surface area contributed by atoms with E-state index in [4.69, 9.17) is 0 Å². The molecular formula is C17H11F5N4O. The second kappa shape index (κ2) is 6.78. The summed E-state index contributed by atoms with van der Waals surface area (Å²) in [4.78, 5) is 15.6. The molecule has 0 spiro atoms. The number of hydrogen-bond donors (Lipinski definition) is 1. The SMILES string of the molecule is Cn1nc(C(F)(F)F)cc1-c1ccc(NC(=O)c2cncc(F)c2)cc1F. The van der Waals surface area contributed by atoms with Crippen molar-refractivity contribution in [1.29, 1.82) is 0 Å². The lowest BCUT2D eigenvalue weighted by atomic mass is 10.1. The van der Waals surface area contributed by atoms with Crippen LogP contribution < -0.4 is 5.32 Å². The first kappa shape index (κ1) is 18.5. The third kappa shape index (κ3) is 3.94. The average Bonchev–Trinajstić information content (AvgIpc) is 2.97. The largest absolute Gasteiger partial charge is 0.435 e. The molecule has 0 aliphatic carbocycles. The molecule has 10 heteroatoms. The Labute approximate surface area is 149 Å². The van der Waals surface area contributed by atoms with Gasteiger partial charge in [-0.15, -0.1) is 0 Å². The lowest BCUT2D eigenvalue weighted by molar-refractivity contribution is -0.141. The zero-order valence-corrected chi connectivity index (χ0v) is 13.7. The van der Waals surface area contributed by atoms with E-state index in [1.54, 1.807) is 0 Å². The van der Waals surface area contributed by atoms with Crippen LogP contribution in [0.25, 0.3) is 11.3 Å². The summed E-state index contributed by atoms with van der Waals surface area (Å²) in [6.07, 6.45) is -2.59. The van der Waals surface area contributed by atoms with Crippen LogP contribution >= 0.6 is 0 Å². The zero-order chi connectivity index (χ0) is 19.8. The first-order valence-electron chi connectivity index (χ1n) is 7.48. The van der Waals surface area contributed by atoms with E-state index in [0.717, 1.165) is 35.3 Å². The molecule has 0 saturated heterocycles. The summed E-state index contributed by atoms with van der Waals surface area (Å²) in [5, 5.41) is 5.69. The van der Waals surface area contributed by atoms with E-state index < -0.39 is 29.4 Å². The van der Waals surface area contributed by atoms with Crippen LogP contribution in [0, 0.1) is 11.6 Å². The highest BCUT2D eigenvalue weighted by molar-refractivity contribution is 6.04. The molecular weight excluding hydrogens is 371 g/mol. The summed E-state index contributed by atoms with van der Waals surface area (Å²) in [6.45, 7) is 0. The van der Waals surface area contributed by atoms with Gasteiger partial charge in [-0.1, -0.05) is 0 Å². The van der Waals surface area contributed by atoms with Crippen molar-refractivity contribution >= 4 is 11.6 Å². The highest BCUT2D eigenvalue weighted by atomic mass is 19.4. The van der Waals surface area contributed by atoms with Crippen molar-refractivity contribution in [3.8, 4) is 11.3 Å². The van der Waals surface area contributed by atoms with Crippen molar-refractivity contribution < 1.29 is 26.7 Å². The Morgan fingerprint density at radius 2 is 1.85 bits per heavy atom. The molecule has 1 N–H and O–H groups in total. The van der Waals surface area contributed by atoms with E-state index in [0.29, 0.717) is 0 Å². The van der Waals surface area contributed by atoms with Gasteiger partial charge in [-0.3, -0.25) is 14.5 Å². The van der Waals surface area contributed by atoms with Crippen molar-refractivity contribution in [2.45, 2.75) is 6.18 Å². The molecule has 0 fully saturated rings. The standard InChI is InChI=1S/C17H11F5N4O/c1-26-14(6-15(25-26)17(20,21)22)12-3-2-11(5-13(12)19)24-16(27)9-4-10(18)8-23-7-9/h2-8H,1H3,(H,24,27). The number of halogens is 5. The summed E-state index contributed by atoms with van der Waals surface area (Å²) in [7, 11) is 1.26. The Balaban J connectivity index is 1.86. The van der Waals surface area contributed by atoms with Gasteiger partial charge in [0.2, 0.25) is 0 Å². The van der Waals surface area contributed by atoms with Gasteiger partial charge in [0.05, 0.1) is 17.5 Å². The maximum atomic E-state index is 14.4. The number of alkyl halides is 3. The number of benzene rings is 1. The average molecular weight is 382 g/mol. The molecule has 1 aromatic carbocycles. The van der Waals surface area contributed by atoms with Gasteiger partial charge in [0.15, 0.2) is 5.69 Å². The van der Waals surface area contributed by atoms with Gasteiger partial charge in [0.1, 0.15) is 11.6 Å². The lowest BCUT2D eigenvalue weighted by Gasteiger charge is -2.08. The fraction of sp³-hybridized carbons (Fsp3) is 0.118. The topological polar surface area (TPSA) is 59.8 Å². The van der Waals surface area contributed by atoms with Crippen LogP contribution in [-0.4, -0.2) is 20.7 Å². The molecule has 1 amide bonds. The summed E-state index contributed by atoms with van der Waals surface area (Å²) in [5.41, 5.74) is -1.36. The van der Waals surface area contributed by atoms with E-state index in [1.807, 2.05) is 0 Å². The van der Waals surface area contributed by atoms with Gasteiger partial charge in [-0.2, -0.15) is 18.3 Å². The highest BCUT2D eigenvalue weighted by Gasteiger charge is 2.35. The maximum Gasteiger partial charge on any atom is 0.435 e. The summed E-state index contributed by atoms with van der Waals surface area (Å²) < 4.78 is 66.6. The molecule has 27 heavy (non-hydrogen) atoms. The molecule has 2 heterocycles. The Hall–Kier alpha value is -3.30. The molecule has 0 unspecified atom stereocenters. The minimum Gasteiger partial charge on any atom is -0.322 e. The summed E-state index contributed by atoms with van der Waals surface area (Å²) in [5.74, 6) is -2.28. The fourth-order valence-electron chi connectivity index (χ4n) is 2.40. The van der Waals surface area contributed by atoms with Crippen LogP contribution in [0.4, 0.5) is 27.6 Å². The number of nitrogens with zero attached hydrogens (tertiary/aromatic N) is 3. The molecule has 3 rings (SSSR count). The zero-order valence-electron chi connectivity index (χ0n) is 13.7. The Bertz CT molecular complexity index is 1010. The molecule has 0 bridgehead atoms. The second-order valence-corrected chi connectivity index (χ2v) is 5.58. The molecule has 0 aliphatic heterocycles. The number of carbonyl (C=O) groups is 1. The van der Waals surface area contributed by atoms with Gasteiger partial charge in [-0.05, 0) is 30.3 Å². The number of pyridine rings is 1. The quantitative estimate of drug-likeness (QED) is 0.696. The van der Waals surface area contributed by atoms with Crippen molar-refractivity contribution in [2.24, 2.45) is 7.05 Å². The van der Waals surface area contributed by atoms with Crippen molar-refractivity contribution in [2.75, 3.05) is 5.32 Å². The minimum atomic E-state index is -4.65. The number of rotatable bonds is 3. The van der Waals surface area contributed by atoms with E-state index in [9.17, 15) is 26.7 Å². The number of aryl methyl sites for hydroxylation is 1. The molecule has 2 aromatic heterocycles. The van der Waals surface area contributed by atoms with Crippen molar-refractivity contribution in [1.82, 2.24) is 14.8 Å². The number of amides is 1. The molecule has 5 nitrogen and oxygen atoms in total. The van der Waals surface area contributed by atoms with Crippen LogP contribution in [0.3, 0.4) is 0 Å². The molecule has 0 aliphatic rings. The first-order chi connectivity index (χ1) is 12.6. The van der Waals surface area contributed by atoms with Gasteiger partial charge in [0.25, 0.3) is 5.91 Å². The van der Waals surface area contributed by atoms with Gasteiger partial charge >= 0.3 is 6.18 Å². The number of aromatic nitrogens is 3. The van der Waals surface area contributed by atoms with Gasteiger partial charge in [-0.25, -0.2) is 8.78 Å². The van der Waals surface area contributed by atoms with Crippen LogP contribution in [0.2, 0.25) is 0 Å². The van der Waals surface area contributed by atoms with E-state index in [1.165, 1.54) is 19.2 Å². The van der Waals surface area contributed by atoms with Crippen LogP contribution in [0.5, 0.6) is 0 Å². The van der Waals surface area contributed by atoms with Gasteiger partial charge < -0.3 is 5.32 Å². The van der Waals surface area contributed by atoms with Crippen LogP contribution in [0.15, 0.2) is 42.7 Å². The van der Waals surface area contributed by atoms with Crippen LogP contribution in [0.1, 0.15) is 16.1 Å². The van der Waals surface area contributed by atoms with E-state index in [2.05, 4.69) is 15.4 Å². The normalized spacial score (nSPS) is 11.5. The molecule has 3 aromatic rings. The highest BCUT2D eigenvalue weighted by Crippen LogP contribution is 2.32. The van der Waals surface area contributed by atoms with Crippen molar-refractivity contribution in [3.05, 3.63) is 65.6 Å².